The van der Waals surface area contributed by atoms with Crippen LogP contribution in [-0.4, -0.2) is 45.4 Å². The largest absolute Gasteiger partial charge is 0.396 e. The molecule has 1 fully saturated rings. The van der Waals surface area contributed by atoms with Crippen molar-refractivity contribution < 1.29 is 9.90 Å². The smallest absolute Gasteiger partial charge is 0.244 e. The third-order valence-electron chi connectivity index (χ3n) is 4.85. The first-order valence-corrected chi connectivity index (χ1v) is 7.96. The molecule has 1 aromatic carbocycles. The highest BCUT2D eigenvalue weighted by molar-refractivity contribution is 5.82. The second kappa shape index (κ2) is 6.48. The van der Waals surface area contributed by atoms with Crippen molar-refractivity contribution >= 4 is 16.8 Å². The van der Waals surface area contributed by atoms with Gasteiger partial charge in [0.05, 0.1) is 11.7 Å². The minimum atomic E-state index is 0.0984. The van der Waals surface area contributed by atoms with Gasteiger partial charge in [-0.25, -0.2) is 0 Å². The van der Waals surface area contributed by atoms with Crippen molar-refractivity contribution in [1.82, 2.24) is 14.7 Å². The number of aliphatic hydroxyl groups excluding tert-OH is 1. The van der Waals surface area contributed by atoms with Crippen molar-refractivity contribution in [3.8, 4) is 0 Å². The van der Waals surface area contributed by atoms with Crippen LogP contribution in [0.25, 0.3) is 10.9 Å². The molecule has 0 saturated heterocycles. The molecule has 1 aliphatic rings. The molecule has 0 atom stereocenters. The number of amides is 1. The average Bonchev–Trinajstić information content (AvgIpc) is 2.97. The van der Waals surface area contributed by atoms with Gasteiger partial charge < -0.3 is 10.0 Å². The van der Waals surface area contributed by atoms with Gasteiger partial charge in [-0.15, -0.1) is 0 Å². The lowest BCUT2D eigenvalue weighted by molar-refractivity contribution is -0.133. The van der Waals surface area contributed by atoms with Crippen LogP contribution in [-0.2, 0) is 11.3 Å². The van der Waals surface area contributed by atoms with Crippen LogP contribution in [0.1, 0.15) is 25.7 Å². The number of fused-ring (bicyclic) bond motifs is 1. The number of carbonyl (C=O) groups excluding carboxylic acids is 1. The molecule has 0 spiro atoms. The van der Waals surface area contributed by atoms with Gasteiger partial charge in [0.2, 0.25) is 5.91 Å². The number of nitrogens with zero attached hydrogens (tertiary/aromatic N) is 3. The van der Waals surface area contributed by atoms with E-state index in [2.05, 4.69) is 5.10 Å². The van der Waals surface area contributed by atoms with Gasteiger partial charge in [-0.2, -0.15) is 5.10 Å². The first-order valence-electron chi connectivity index (χ1n) is 7.96. The van der Waals surface area contributed by atoms with Gasteiger partial charge >= 0.3 is 0 Å². The summed E-state index contributed by atoms with van der Waals surface area (Å²) >= 11 is 0. The summed E-state index contributed by atoms with van der Waals surface area (Å²) in [6.45, 7) is 0.549. The van der Waals surface area contributed by atoms with Crippen LogP contribution in [0.4, 0.5) is 0 Å². The number of para-hydroxylation sites is 1. The lowest BCUT2D eigenvalue weighted by Gasteiger charge is -2.34. The Morgan fingerprint density at radius 2 is 2.05 bits per heavy atom. The van der Waals surface area contributed by atoms with E-state index in [-0.39, 0.29) is 25.1 Å². The highest BCUT2D eigenvalue weighted by Crippen LogP contribution is 2.26. The van der Waals surface area contributed by atoms with Crippen LogP contribution < -0.4 is 0 Å². The summed E-state index contributed by atoms with van der Waals surface area (Å²) in [6.07, 6.45) is 5.77. The standard InChI is InChI=1S/C17H23N3O2/c1-19(15-8-6-13(12-21)7-9-15)17(22)11-20-16-5-3-2-4-14(16)10-18-20/h2-5,10,13,15,21H,6-9,11-12H2,1H3. The van der Waals surface area contributed by atoms with E-state index in [1.54, 1.807) is 10.9 Å². The maximum Gasteiger partial charge on any atom is 0.244 e. The molecule has 22 heavy (non-hydrogen) atoms. The lowest BCUT2D eigenvalue weighted by atomic mass is 9.86. The number of rotatable bonds is 4. The van der Waals surface area contributed by atoms with Gasteiger partial charge in [0.1, 0.15) is 6.54 Å². The molecule has 3 rings (SSSR count). The minimum Gasteiger partial charge on any atom is -0.396 e. The van der Waals surface area contributed by atoms with E-state index in [0.717, 1.165) is 36.6 Å². The van der Waals surface area contributed by atoms with Crippen molar-refractivity contribution in [2.24, 2.45) is 5.92 Å². The molecule has 1 aromatic heterocycles. The van der Waals surface area contributed by atoms with Crippen molar-refractivity contribution in [3.05, 3.63) is 30.5 Å². The molecule has 1 aliphatic carbocycles. The molecule has 5 heteroatoms. The Hall–Kier alpha value is -1.88. The Balaban J connectivity index is 1.64. The molecule has 0 bridgehead atoms. The number of benzene rings is 1. The molecular weight excluding hydrogens is 278 g/mol. The van der Waals surface area contributed by atoms with Gasteiger partial charge in [0, 0.05) is 25.1 Å². The fraction of sp³-hybridized carbons (Fsp3) is 0.529. The number of hydrogen-bond donors (Lipinski definition) is 1. The van der Waals surface area contributed by atoms with Crippen LogP contribution >= 0.6 is 0 Å². The van der Waals surface area contributed by atoms with Gasteiger partial charge in [-0.3, -0.25) is 9.48 Å². The second-order valence-electron chi connectivity index (χ2n) is 6.22. The van der Waals surface area contributed by atoms with E-state index in [0.29, 0.717) is 5.92 Å². The zero-order valence-corrected chi connectivity index (χ0v) is 13.0. The topological polar surface area (TPSA) is 58.4 Å². The van der Waals surface area contributed by atoms with E-state index in [9.17, 15) is 9.90 Å². The van der Waals surface area contributed by atoms with Gasteiger partial charge in [0.25, 0.3) is 0 Å². The second-order valence-corrected chi connectivity index (χ2v) is 6.22. The highest BCUT2D eigenvalue weighted by Gasteiger charge is 2.26. The molecule has 1 heterocycles. The molecular formula is C17H23N3O2. The van der Waals surface area contributed by atoms with E-state index >= 15 is 0 Å². The molecule has 118 valence electrons. The van der Waals surface area contributed by atoms with Crippen molar-refractivity contribution in [3.63, 3.8) is 0 Å². The van der Waals surface area contributed by atoms with Crippen LogP contribution in [0, 0.1) is 5.92 Å². The van der Waals surface area contributed by atoms with Crippen molar-refractivity contribution in [1.29, 1.82) is 0 Å². The SMILES string of the molecule is CN(C(=O)Cn1ncc2ccccc21)C1CCC(CO)CC1. The molecule has 0 unspecified atom stereocenters. The zero-order chi connectivity index (χ0) is 15.5. The summed E-state index contributed by atoms with van der Waals surface area (Å²) in [5, 5.41) is 14.6. The number of hydrogen-bond acceptors (Lipinski definition) is 3. The fourth-order valence-electron chi connectivity index (χ4n) is 3.31. The van der Waals surface area contributed by atoms with Crippen LogP contribution in [0.5, 0.6) is 0 Å². The third-order valence-corrected chi connectivity index (χ3v) is 4.85. The van der Waals surface area contributed by atoms with E-state index < -0.39 is 0 Å². The fourth-order valence-corrected chi connectivity index (χ4v) is 3.31. The summed E-state index contributed by atoms with van der Waals surface area (Å²) in [5.74, 6) is 0.510. The van der Waals surface area contributed by atoms with Crippen LogP contribution in [0.3, 0.4) is 0 Å². The predicted octanol–water partition coefficient (Wildman–Crippen LogP) is 2.05. The first kappa shape index (κ1) is 15.0. The Labute approximate surface area is 130 Å². The predicted molar refractivity (Wildman–Crippen MR) is 85.3 cm³/mol. The highest BCUT2D eigenvalue weighted by atomic mass is 16.3. The molecule has 1 N–H and O–H groups in total. The minimum absolute atomic E-state index is 0.0984. The molecule has 5 nitrogen and oxygen atoms in total. The van der Waals surface area contributed by atoms with Crippen molar-refractivity contribution in [2.45, 2.75) is 38.3 Å². The lowest BCUT2D eigenvalue weighted by Crippen LogP contribution is -2.41. The Morgan fingerprint density at radius 1 is 1.32 bits per heavy atom. The quantitative estimate of drug-likeness (QED) is 0.940. The molecule has 1 saturated carbocycles. The zero-order valence-electron chi connectivity index (χ0n) is 13.0. The summed E-state index contributed by atoms with van der Waals surface area (Å²) in [5.41, 5.74) is 0.994. The van der Waals surface area contributed by atoms with Crippen molar-refractivity contribution in [2.75, 3.05) is 13.7 Å². The number of aromatic nitrogens is 2. The molecule has 0 radical (unpaired) electrons. The van der Waals surface area contributed by atoms with Gasteiger partial charge in [-0.05, 0) is 37.7 Å². The van der Waals surface area contributed by atoms with E-state index in [4.69, 9.17) is 0 Å². The third kappa shape index (κ3) is 2.99. The van der Waals surface area contributed by atoms with Crippen LogP contribution in [0.2, 0.25) is 0 Å². The summed E-state index contributed by atoms with van der Waals surface area (Å²) < 4.78 is 1.77. The summed E-state index contributed by atoms with van der Waals surface area (Å²) in [6, 6.07) is 8.22. The summed E-state index contributed by atoms with van der Waals surface area (Å²) in [4.78, 5) is 14.4. The Morgan fingerprint density at radius 3 is 2.77 bits per heavy atom. The van der Waals surface area contributed by atoms with Gasteiger partial charge in [-0.1, -0.05) is 18.2 Å². The van der Waals surface area contributed by atoms with Gasteiger partial charge in [0.15, 0.2) is 0 Å². The van der Waals surface area contributed by atoms with E-state index in [1.807, 2.05) is 36.2 Å². The van der Waals surface area contributed by atoms with E-state index in [1.165, 1.54) is 0 Å². The maximum atomic E-state index is 12.5. The number of likely N-dealkylation sites (N-methyl/N-ethyl adjacent to an activating group) is 1. The molecule has 0 aliphatic heterocycles. The van der Waals surface area contributed by atoms with Crippen LogP contribution in [0.15, 0.2) is 30.5 Å². The molecule has 1 amide bonds. The molecule has 2 aromatic rings. The number of aliphatic hydroxyl groups is 1. The Kier molecular flexibility index (Phi) is 4.43. The average molecular weight is 301 g/mol. The monoisotopic (exact) mass is 301 g/mol. The Bertz CT molecular complexity index is 644. The first-order chi connectivity index (χ1) is 10.7. The maximum absolute atomic E-state index is 12.5. The summed E-state index contributed by atoms with van der Waals surface area (Å²) in [7, 11) is 1.89. The number of carbonyl (C=O) groups is 1. The normalized spacial score (nSPS) is 21.9.